The van der Waals surface area contributed by atoms with Crippen molar-refractivity contribution in [3.8, 4) is 0 Å². The van der Waals surface area contributed by atoms with Crippen LogP contribution in [0.25, 0.3) is 0 Å². The number of hydrogen-bond acceptors (Lipinski definition) is 15. The summed E-state index contributed by atoms with van der Waals surface area (Å²) in [5.41, 5.74) is 0. The number of esters is 4. The first-order valence-electron chi connectivity index (χ1n) is 33.4. The molecule has 0 heterocycles. The number of unbranched alkanes of at least 4 members (excludes halogenated alkanes) is 29. The van der Waals surface area contributed by atoms with Gasteiger partial charge in [0.25, 0.3) is 0 Å². The fourth-order valence-electron chi connectivity index (χ4n) is 9.45. The molecule has 0 aliphatic rings. The minimum absolute atomic E-state index is 0.103. The van der Waals surface area contributed by atoms with Gasteiger partial charge in [0, 0.05) is 25.7 Å². The Balaban J connectivity index is 5.23. The quantitative estimate of drug-likeness (QED) is 0.0222. The van der Waals surface area contributed by atoms with Gasteiger partial charge in [-0.3, -0.25) is 37.3 Å². The lowest BCUT2D eigenvalue weighted by atomic mass is 9.99. The second-order valence-electron chi connectivity index (χ2n) is 24.3. The maximum atomic E-state index is 13.0. The van der Waals surface area contributed by atoms with Gasteiger partial charge in [0.05, 0.1) is 26.4 Å². The number of phosphoric ester groups is 2. The maximum absolute atomic E-state index is 13.0. The van der Waals surface area contributed by atoms with E-state index >= 15 is 0 Å². The highest BCUT2D eigenvalue weighted by Gasteiger charge is 2.30. The molecular formula is C64H124O17P2. The number of aliphatic hydroxyl groups is 1. The minimum atomic E-state index is -4.95. The molecule has 3 N–H and O–H groups in total. The summed E-state index contributed by atoms with van der Waals surface area (Å²) in [6.07, 6.45) is 36.3. The van der Waals surface area contributed by atoms with Crippen LogP contribution in [0.1, 0.15) is 312 Å². The molecule has 0 aromatic heterocycles. The van der Waals surface area contributed by atoms with Crippen molar-refractivity contribution in [1.29, 1.82) is 0 Å². The molecule has 83 heavy (non-hydrogen) atoms. The largest absolute Gasteiger partial charge is 0.472 e. The topological polar surface area (TPSA) is 237 Å². The van der Waals surface area contributed by atoms with Crippen LogP contribution in [0.15, 0.2) is 0 Å². The molecule has 0 saturated heterocycles. The van der Waals surface area contributed by atoms with Gasteiger partial charge in [-0.05, 0) is 43.4 Å². The van der Waals surface area contributed by atoms with Crippen LogP contribution in [0.3, 0.4) is 0 Å². The molecule has 0 radical (unpaired) electrons. The van der Waals surface area contributed by atoms with E-state index in [2.05, 4.69) is 48.5 Å². The van der Waals surface area contributed by atoms with Gasteiger partial charge in [-0.1, -0.05) is 260 Å². The molecule has 17 nitrogen and oxygen atoms in total. The van der Waals surface area contributed by atoms with E-state index in [1.807, 2.05) is 0 Å². The van der Waals surface area contributed by atoms with Gasteiger partial charge in [0.1, 0.15) is 19.3 Å². The summed E-state index contributed by atoms with van der Waals surface area (Å²) in [4.78, 5) is 72.1. The van der Waals surface area contributed by atoms with Crippen molar-refractivity contribution in [3.63, 3.8) is 0 Å². The average Bonchev–Trinajstić information content (AvgIpc) is 3.45. The van der Waals surface area contributed by atoms with Gasteiger partial charge in [-0.2, -0.15) is 0 Å². The molecule has 0 rings (SSSR count). The predicted molar refractivity (Wildman–Crippen MR) is 331 cm³/mol. The van der Waals surface area contributed by atoms with Crippen LogP contribution < -0.4 is 0 Å². The van der Waals surface area contributed by atoms with Crippen molar-refractivity contribution in [2.75, 3.05) is 39.6 Å². The number of hydrogen-bond donors (Lipinski definition) is 3. The number of phosphoric acid groups is 2. The summed E-state index contributed by atoms with van der Waals surface area (Å²) in [5.74, 6) is 0.101. The average molecular weight is 1230 g/mol. The van der Waals surface area contributed by atoms with E-state index in [-0.39, 0.29) is 25.7 Å². The van der Waals surface area contributed by atoms with E-state index < -0.39 is 97.5 Å². The molecular weight excluding hydrogens is 1100 g/mol. The summed E-state index contributed by atoms with van der Waals surface area (Å²) in [5, 5.41) is 10.5. The Labute approximate surface area is 505 Å². The molecule has 0 bridgehead atoms. The SMILES string of the molecule is CCCCCCCCCC(=O)OC[C@H](COP(=O)(O)OC[C@H](O)COP(=O)(O)OC[C@@H](COC(=O)CCCCCCCCCCCC(C)C)OC(=O)CCCCCCCCCCCCC(C)CC)OC(=O)CCCCCCCCCC(C)C. The molecule has 0 aliphatic heterocycles. The Morgan fingerprint density at radius 2 is 0.614 bits per heavy atom. The van der Waals surface area contributed by atoms with E-state index in [1.54, 1.807) is 0 Å². The first kappa shape index (κ1) is 81.1. The van der Waals surface area contributed by atoms with Crippen LogP contribution in [0.2, 0.25) is 0 Å². The predicted octanol–water partition coefficient (Wildman–Crippen LogP) is 17.5. The summed E-state index contributed by atoms with van der Waals surface area (Å²) in [6.45, 7) is 11.7. The molecule has 0 saturated carbocycles. The maximum Gasteiger partial charge on any atom is 0.472 e. The molecule has 19 heteroatoms. The lowest BCUT2D eigenvalue weighted by Gasteiger charge is -2.21. The van der Waals surface area contributed by atoms with Crippen LogP contribution in [-0.4, -0.2) is 96.7 Å². The number of aliphatic hydroxyl groups excluding tert-OH is 1. The van der Waals surface area contributed by atoms with Crippen LogP contribution in [0.4, 0.5) is 0 Å². The smallest absolute Gasteiger partial charge is 0.462 e. The van der Waals surface area contributed by atoms with Gasteiger partial charge in [-0.15, -0.1) is 0 Å². The summed E-state index contributed by atoms with van der Waals surface area (Å²) in [6, 6.07) is 0. The summed E-state index contributed by atoms with van der Waals surface area (Å²) < 4.78 is 67.9. The Bertz CT molecular complexity index is 1650. The van der Waals surface area contributed by atoms with Crippen molar-refractivity contribution < 1.29 is 80.2 Å². The van der Waals surface area contributed by atoms with E-state index in [9.17, 15) is 43.2 Å². The zero-order valence-corrected chi connectivity index (χ0v) is 55.4. The Kier molecular flexibility index (Phi) is 54.1. The Morgan fingerprint density at radius 1 is 0.349 bits per heavy atom. The third kappa shape index (κ3) is 57.6. The molecule has 0 amide bonds. The number of carbonyl (C=O) groups is 4. The second kappa shape index (κ2) is 55.4. The Hall–Kier alpha value is -1.94. The molecule has 492 valence electrons. The highest BCUT2D eigenvalue weighted by atomic mass is 31.2. The fourth-order valence-corrected chi connectivity index (χ4v) is 11.0. The van der Waals surface area contributed by atoms with Crippen molar-refractivity contribution >= 4 is 39.5 Å². The second-order valence-corrected chi connectivity index (χ2v) is 27.3. The molecule has 0 aromatic rings. The van der Waals surface area contributed by atoms with Crippen LogP contribution in [0, 0.1) is 17.8 Å². The van der Waals surface area contributed by atoms with E-state index in [1.165, 1.54) is 109 Å². The number of ether oxygens (including phenoxy) is 4. The first-order chi connectivity index (χ1) is 39.8. The van der Waals surface area contributed by atoms with Gasteiger partial charge in [0.2, 0.25) is 0 Å². The molecule has 0 spiro atoms. The highest BCUT2D eigenvalue weighted by Crippen LogP contribution is 2.45. The molecule has 3 unspecified atom stereocenters. The van der Waals surface area contributed by atoms with E-state index in [4.69, 9.17) is 37.0 Å². The lowest BCUT2D eigenvalue weighted by Crippen LogP contribution is -2.30. The van der Waals surface area contributed by atoms with Gasteiger partial charge in [-0.25, -0.2) is 9.13 Å². The van der Waals surface area contributed by atoms with Gasteiger partial charge in [0.15, 0.2) is 12.2 Å². The third-order valence-corrected chi connectivity index (χ3v) is 16.9. The van der Waals surface area contributed by atoms with Gasteiger partial charge >= 0.3 is 39.5 Å². The van der Waals surface area contributed by atoms with Crippen molar-refractivity contribution in [1.82, 2.24) is 0 Å². The normalized spacial score (nSPS) is 14.7. The minimum Gasteiger partial charge on any atom is -0.462 e. The number of rotatable bonds is 62. The molecule has 0 fully saturated rings. The molecule has 0 aromatic carbocycles. The van der Waals surface area contributed by atoms with E-state index in [0.29, 0.717) is 31.6 Å². The zero-order valence-electron chi connectivity index (χ0n) is 53.6. The van der Waals surface area contributed by atoms with E-state index in [0.717, 1.165) is 115 Å². The standard InChI is InChI=1S/C64H124O17P2/c1-8-10-11-12-21-31-38-45-61(66)74-51-59(81-64(69)48-41-34-27-20-23-29-36-43-56(5)6)53-78-82(70,71)76-49-58(65)50-77-83(72,73)79-54-60(52-75-62(67)46-39-32-25-19-15-16-22-28-35-42-55(3)4)80-63(68)47-40-33-26-18-14-13-17-24-30-37-44-57(7)9-2/h55-60,65H,8-54H2,1-7H3,(H,70,71)(H,72,73)/t57?,58-,59+,60+/m0/s1. The monoisotopic (exact) mass is 1230 g/mol. The van der Waals surface area contributed by atoms with Crippen molar-refractivity contribution in [3.05, 3.63) is 0 Å². The third-order valence-electron chi connectivity index (χ3n) is 15.0. The summed E-state index contributed by atoms with van der Waals surface area (Å²) in [7, 11) is -9.88. The zero-order chi connectivity index (χ0) is 61.7. The fraction of sp³-hybridized carbons (Fsp3) is 0.938. The summed E-state index contributed by atoms with van der Waals surface area (Å²) >= 11 is 0. The first-order valence-corrected chi connectivity index (χ1v) is 36.4. The van der Waals surface area contributed by atoms with Crippen LogP contribution >= 0.6 is 15.6 Å². The van der Waals surface area contributed by atoms with Crippen LogP contribution in [-0.2, 0) is 65.4 Å². The van der Waals surface area contributed by atoms with Crippen LogP contribution in [0.5, 0.6) is 0 Å². The van der Waals surface area contributed by atoms with Gasteiger partial charge < -0.3 is 33.8 Å². The van der Waals surface area contributed by atoms with Crippen molar-refractivity contribution in [2.45, 2.75) is 330 Å². The Morgan fingerprint density at radius 3 is 0.916 bits per heavy atom. The number of carbonyl (C=O) groups excluding carboxylic acids is 4. The molecule has 0 aliphatic carbocycles. The molecule has 6 atom stereocenters. The lowest BCUT2D eigenvalue weighted by molar-refractivity contribution is -0.161. The van der Waals surface area contributed by atoms with Crippen molar-refractivity contribution in [2.24, 2.45) is 17.8 Å². The highest BCUT2D eigenvalue weighted by molar-refractivity contribution is 7.47.